The maximum absolute atomic E-state index is 13.0. The number of ether oxygens (including phenoxy) is 1. The number of aromatic carboxylic acids is 1. The van der Waals surface area contributed by atoms with Gasteiger partial charge in [-0.2, -0.15) is 0 Å². The van der Waals surface area contributed by atoms with Gasteiger partial charge in [0.1, 0.15) is 5.60 Å². The molecule has 3 aliphatic heterocycles. The molecular weight excluding hydrogens is 350 g/mol. The molecule has 0 radical (unpaired) electrons. The molecule has 7 nitrogen and oxygen atoms in total. The van der Waals surface area contributed by atoms with Crippen LogP contribution in [-0.2, 0) is 14.3 Å². The first-order valence-corrected chi connectivity index (χ1v) is 8.04. The molecule has 2 bridgehead atoms. The summed E-state index contributed by atoms with van der Waals surface area (Å²) in [5.74, 6) is -3.85. The second-order valence-electron chi connectivity index (χ2n) is 6.67. The van der Waals surface area contributed by atoms with Crippen molar-refractivity contribution < 1.29 is 29.3 Å². The number of anilines is 1. The zero-order valence-corrected chi connectivity index (χ0v) is 13.9. The van der Waals surface area contributed by atoms with Crippen LogP contribution in [0.4, 0.5) is 5.69 Å². The van der Waals surface area contributed by atoms with Crippen molar-refractivity contribution in [1.29, 1.82) is 0 Å². The monoisotopic (exact) mass is 363 g/mol. The highest BCUT2D eigenvalue weighted by Gasteiger charge is 2.72. The van der Waals surface area contributed by atoms with Gasteiger partial charge in [0.05, 0.1) is 40.3 Å². The molecule has 4 atom stereocenters. The first kappa shape index (κ1) is 16.3. The van der Waals surface area contributed by atoms with Gasteiger partial charge in [-0.05, 0) is 25.1 Å². The van der Waals surface area contributed by atoms with Crippen molar-refractivity contribution in [3.05, 3.63) is 40.9 Å². The van der Waals surface area contributed by atoms with Crippen molar-refractivity contribution in [2.45, 2.75) is 18.1 Å². The highest BCUT2D eigenvalue weighted by molar-refractivity contribution is 6.34. The topological polar surface area (TPSA) is 104 Å². The lowest BCUT2D eigenvalue weighted by Crippen LogP contribution is -2.43. The van der Waals surface area contributed by atoms with Crippen LogP contribution in [0.25, 0.3) is 0 Å². The SMILES string of the molecule is C[C@]12C=C[C@](CO)(O1)[C@H]1C(=O)N(c3ccc(Cl)c(C(=O)O)c3)C(=O)[C@@H]12. The molecule has 3 aliphatic rings. The summed E-state index contributed by atoms with van der Waals surface area (Å²) >= 11 is 5.86. The van der Waals surface area contributed by atoms with Gasteiger partial charge in [0.2, 0.25) is 11.8 Å². The van der Waals surface area contributed by atoms with Crippen LogP contribution in [0.5, 0.6) is 0 Å². The van der Waals surface area contributed by atoms with Crippen LogP contribution in [0.15, 0.2) is 30.4 Å². The molecule has 25 heavy (non-hydrogen) atoms. The van der Waals surface area contributed by atoms with Crippen LogP contribution in [0.2, 0.25) is 5.02 Å². The lowest BCUT2D eigenvalue weighted by atomic mass is 9.73. The number of carbonyl (C=O) groups is 3. The zero-order chi connectivity index (χ0) is 18.1. The van der Waals surface area contributed by atoms with E-state index in [4.69, 9.17) is 16.3 Å². The van der Waals surface area contributed by atoms with E-state index in [1.807, 2.05) is 0 Å². The van der Waals surface area contributed by atoms with Crippen LogP contribution in [0, 0.1) is 11.8 Å². The Hall–Kier alpha value is -2.22. The number of carbonyl (C=O) groups excluding carboxylic acids is 2. The molecule has 0 saturated carbocycles. The summed E-state index contributed by atoms with van der Waals surface area (Å²) in [7, 11) is 0. The number of hydrogen-bond donors (Lipinski definition) is 2. The van der Waals surface area contributed by atoms with E-state index >= 15 is 0 Å². The second kappa shape index (κ2) is 4.91. The van der Waals surface area contributed by atoms with Crippen molar-refractivity contribution in [2.24, 2.45) is 11.8 Å². The number of carboxylic acid groups (broad SMARTS) is 1. The van der Waals surface area contributed by atoms with Crippen LogP contribution >= 0.6 is 11.6 Å². The summed E-state index contributed by atoms with van der Waals surface area (Å²) in [6, 6.07) is 3.96. The Morgan fingerprint density at radius 1 is 1.28 bits per heavy atom. The van der Waals surface area contributed by atoms with Crippen LogP contribution < -0.4 is 4.90 Å². The molecule has 4 rings (SSSR count). The molecule has 2 N–H and O–H groups in total. The van der Waals surface area contributed by atoms with Gasteiger partial charge < -0.3 is 14.9 Å². The van der Waals surface area contributed by atoms with E-state index in [2.05, 4.69) is 0 Å². The van der Waals surface area contributed by atoms with Crippen molar-refractivity contribution in [2.75, 3.05) is 11.5 Å². The fourth-order valence-electron chi connectivity index (χ4n) is 4.11. The van der Waals surface area contributed by atoms with Crippen molar-refractivity contribution in [3.8, 4) is 0 Å². The van der Waals surface area contributed by atoms with E-state index in [0.717, 1.165) is 4.90 Å². The summed E-state index contributed by atoms with van der Waals surface area (Å²) in [5.41, 5.74) is -2.25. The van der Waals surface area contributed by atoms with E-state index in [1.165, 1.54) is 18.2 Å². The highest BCUT2D eigenvalue weighted by Crippen LogP contribution is 2.57. The third-order valence-corrected chi connectivity index (χ3v) is 5.57. The van der Waals surface area contributed by atoms with Crippen molar-refractivity contribution >= 4 is 35.1 Å². The fraction of sp³-hybridized carbons (Fsp3) is 0.353. The largest absolute Gasteiger partial charge is 0.478 e. The molecule has 2 fully saturated rings. The minimum atomic E-state index is -1.25. The second-order valence-corrected chi connectivity index (χ2v) is 7.08. The fourth-order valence-corrected chi connectivity index (χ4v) is 4.31. The normalized spacial score (nSPS) is 35.6. The Bertz CT molecular complexity index is 867. The van der Waals surface area contributed by atoms with Crippen LogP contribution in [-0.4, -0.2) is 45.8 Å². The van der Waals surface area contributed by atoms with E-state index in [1.54, 1.807) is 19.1 Å². The summed E-state index contributed by atoms with van der Waals surface area (Å²) in [4.78, 5) is 38.1. The number of imide groups is 1. The first-order valence-electron chi connectivity index (χ1n) is 7.66. The third-order valence-electron chi connectivity index (χ3n) is 5.24. The number of benzene rings is 1. The predicted octanol–water partition coefficient (Wildman–Crippen LogP) is 1.23. The summed E-state index contributed by atoms with van der Waals surface area (Å²) < 4.78 is 5.83. The molecule has 3 heterocycles. The lowest BCUT2D eigenvalue weighted by Gasteiger charge is -2.27. The Morgan fingerprint density at radius 3 is 2.60 bits per heavy atom. The van der Waals surface area contributed by atoms with Gasteiger partial charge in [-0.1, -0.05) is 23.8 Å². The first-order chi connectivity index (χ1) is 11.7. The molecule has 0 spiro atoms. The molecule has 0 aliphatic carbocycles. The van der Waals surface area contributed by atoms with Gasteiger partial charge in [0.15, 0.2) is 0 Å². The maximum Gasteiger partial charge on any atom is 0.337 e. The lowest BCUT2D eigenvalue weighted by molar-refractivity contribution is -0.131. The molecule has 2 saturated heterocycles. The minimum Gasteiger partial charge on any atom is -0.478 e. The van der Waals surface area contributed by atoms with E-state index < -0.39 is 47.4 Å². The quantitative estimate of drug-likeness (QED) is 0.618. The standard InChI is InChI=1S/C17H14ClNO6/c1-16-4-5-17(7-20,25-16)12-11(16)13(21)19(14(12)22)8-2-3-10(18)9(6-8)15(23)24/h2-6,11-12,20H,7H2,1H3,(H,23,24)/t11-,12-,16-,17-/m1/s1. The van der Waals surface area contributed by atoms with E-state index in [9.17, 15) is 24.6 Å². The number of aliphatic hydroxyl groups is 1. The third kappa shape index (κ3) is 1.91. The minimum absolute atomic E-state index is 0.0133. The Balaban J connectivity index is 1.81. The summed E-state index contributed by atoms with van der Waals surface area (Å²) in [6.45, 7) is 1.28. The zero-order valence-electron chi connectivity index (χ0n) is 13.1. The Morgan fingerprint density at radius 2 is 1.96 bits per heavy atom. The molecule has 8 heteroatoms. The Kier molecular flexibility index (Phi) is 3.19. The number of hydrogen-bond acceptors (Lipinski definition) is 5. The number of nitrogens with zero attached hydrogens (tertiary/aromatic N) is 1. The number of fused-ring (bicyclic) bond motifs is 5. The highest BCUT2D eigenvalue weighted by atomic mass is 35.5. The van der Waals surface area contributed by atoms with Gasteiger partial charge >= 0.3 is 5.97 Å². The van der Waals surface area contributed by atoms with Gasteiger partial charge in [0.25, 0.3) is 0 Å². The molecule has 1 aromatic carbocycles. The molecule has 130 valence electrons. The number of amides is 2. The average Bonchev–Trinajstić information content (AvgIpc) is 3.14. The smallest absolute Gasteiger partial charge is 0.337 e. The van der Waals surface area contributed by atoms with Gasteiger partial charge in [-0.25, -0.2) is 9.69 Å². The Labute approximate surface area is 147 Å². The van der Waals surface area contributed by atoms with Gasteiger partial charge in [-0.15, -0.1) is 0 Å². The van der Waals surface area contributed by atoms with Gasteiger partial charge in [0, 0.05) is 0 Å². The number of rotatable bonds is 3. The summed E-state index contributed by atoms with van der Waals surface area (Å²) in [6.07, 6.45) is 3.33. The van der Waals surface area contributed by atoms with Crippen LogP contribution in [0.1, 0.15) is 17.3 Å². The maximum atomic E-state index is 13.0. The van der Waals surface area contributed by atoms with E-state index in [0.29, 0.717) is 0 Å². The molecule has 0 aromatic heterocycles. The average molecular weight is 364 g/mol. The summed E-state index contributed by atoms with van der Waals surface area (Å²) in [5, 5.41) is 19.0. The van der Waals surface area contributed by atoms with Gasteiger partial charge in [-0.3, -0.25) is 9.59 Å². The van der Waals surface area contributed by atoms with E-state index in [-0.39, 0.29) is 16.3 Å². The van der Waals surface area contributed by atoms with Crippen molar-refractivity contribution in [3.63, 3.8) is 0 Å². The van der Waals surface area contributed by atoms with Crippen molar-refractivity contribution in [1.82, 2.24) is 0 Å². The molecule has 2 amide bonds. The van der Waals surface area contributed by atoms with Crippen LogP contribution in [0.3, 0.4) is 0 Å². The number of aliphatic hydroxyl groups excluding tert-OH is 1. The predicted molar refractivity (Wildman–Crippen MR) is 86.3 cm³/mol. The molecular formula is C17H14ClNO6. The number of carboxylic acids is 1. The number of halogens is 1. The molecule has 0 unspecified atom stereocenters. The molecule has 1 aromatic rings.